The molecular formula is C29H31N5O2. The summed E-state index contributed by atoms with van der Waals surface area (Å²) in [4.78, 5) is 27.3. The van der Waals surface area contributed by atoms with E-state index in [1.54, 1.807) is 12.1 Å². The minimum atomic E-state index is -0.0137. The number of benzene rings is 2. The molecule has 3 aromatic heterocycles. The zero-order valence-electron chi connectivity index (χ0n) is 20.8. The van der Waals surface area contributed by atoms with E-state index in [-0.39, 0.29) is 11.3 Å². The summed E-state index contributed by atoms with van der Waals surface area (Å²) >= 11 is 0. The monoisotopic (exact) mass is 481 g/mol. The lowest BCUT2D eigenvalue weighted by atomic mass is 9.98. The van der Waals surface area contributed by atoms with Crippen molar-refractivity contribution in [3.63, 3.8) is 0 Å². The Kier molecular flexibility index (Phi) is 5.74. The van der Waals surface area contributed by atoms with Crippen molar-refractivity contribution < 1.29 is 5.11 Å². The molecule has 184 valence electrons. The van der Waals surface area contributed by atoms with Crippen molar-refractivity contribution in [1.29, 1.82) is 0 Å². The molecule has 7 nitrogen and oxygen atoms in total. The summed E-state index contributed by atoms with van der Waals surface area (Å²) in [6.45, 7) is 8.01. The van der Waals surface area contributed by atoms with Gasteiger partial charge in [-0.3, -0.25) is 4.79 Å². The number of fused-ring (bicyclic) bond motifs is 5. The molecule has 0 bridgehead atoms. The molecule has 0 unspecified atom stereocenters. The molecule has 0 spiro atoms. The number of aromatic amines is 1. The fraction of sp³-hybridized carbons (Fsp3) is 0.310. The molecule has 1 aliphatic heterocycles. The lowest BCUT2D eigenvalue weighted by molar-refractivity contribution is 0.151. The number of aromatic nitrogens is 3. The van der Waals surface area contributed by atoms with E-state index in [2.05, 4.69) is 40.9 Å². The van der Waals surface area contributed by atoms with E-state index in [9.17, 15) is 9.90 Å². The maximum atomic E-state index is 14.2. The highest BCUT2D eigenvalue weighted by Crippen LogP contribution is 2.36. The number of pyridine rings is 2. The number of nitrogens with one attached hydrogen (secondary N) is 1. The fourth-order valence-electron chi connectivity index (χ4n) is 5.54. The SMILES string of the molecule is Cc1c[nH]c2nc(-c3ccc(O)cc3)c3c(=O)n(CCCN4CCN(C)CC4)c4ccccc4c3c12. The van der Waals surface area contributed by atoms with E-state index in [0.717, 1.165) is 77.6 Å². The molecule has 2 N–H and O–H groups in total. The van der Waals surface area contributed by atoms with E-state index >= 15 is 0 Å². The molecule has 0 saturated carbocycles. The Morgan fingerprint density at radius 1 is 0.944 bits per heavy atom. The van der Waals surface area contributed by atoms with Crippen LogP contribution in [-0.4, -0.2) is 69.2 Å². The largest absolute Gasteiger partial charge is 0.508 e. The molecule has 1 saturated heterocycles. The van der Waals surface area contributed by atoms with Crippen LogP contribution in [0.25, 0.3) is 44.0 Å². The second-order valence-electron chi connectivity index (χ2n) is 9.92. The van der Waals surface area contributed by atoms with Crippen LogP contribution in [0.3, 0.4) is 0 Å². The van der Waals surface area contributed by atoms with Crippen LogP contribution in [0.1, 0.15) is 12.0 Å². The van der Waals surface area contributed by atoms with Gasteiger partial charge >= 0.3 is 0 Å². The fourth-order valence-corrected chi connectivity index (χ4v) is 5.54. The number of phenols is 1. The van der Waals surface area contributed by atoms with Gasteiger partial charge in [0.05, 0.1) is 16.6 Å². The van der Waals surface area contributed by atoms with Crippen molar-refractivity contribution in [2.45, 2.75) is 19.9 Å². The van der Waals surface area contributed by atoms with Crippen molar-refractivity contribution in [1.82, 2.24) is 24.3 Å². The van der Waals surface area contributed by atoms with E-state index in [4.69, 9.17) is 4.98 Å². The Hall–Kier alpha value is -3.68. The zero-order chi connectivity index (χ0) is 24.8. The second-order valence-corrected chi connectivity index (χ2v) is 9.92. The third kappa shape index (κ3) is 3.85. The summed E-state index contributed by atoms with van der Waals surface area (Å²) in [5.74, 6) is 0.187. The van der Waals surface area contributed by atoms with Crippen molar-refractivity contribution in [2.24, 2.45) is 0 Å². The molecule has 6 rings (SSSR count). The number of aryl methyl sites for hydroxylation is 2. The number of para-hydroxylation sites is 1. The number of hydrogen-bond acceptors (Lipinski definition) is 5. The second kappa shape index (κ2) is 9.08. The molecule has 1 fully saturated rings. The molecule has 7 heteroatoms. The number of likely N-dealkylation sites (N-methyl/N-ethyl adjacent to an activating group) is 1. The molecule has 2 aromatic carbocycles. The predicted molar refractivity (Wildman–Crippen MR) is 146 cm³/mol. The highest BCUT2D eigenvalue weighted by Gasteiger charge is 2.21. The maximum Gasteiger partial charge on any atom is 0.261 e. The lowest BCUT2D eigenvalue weighted by Gasteiger charge is -2.32. The standard InChI is InChI=1S/C29H31N5O2/c1-19-18-30-28-24(19)25-22-6-3-4-7-23(22)34(13-5-12-33-16-14-32(2)15-17-33)29(36)26(25)27(31-28)20-8-10-21(35)11-9-20/h3-4,6-11,18,35H,5,12-17H2,1-2H3,(H,30,31). The molecule has 0 aliphatic carbocycles. The first kappa shape index (κ1) is 22.8. The van der Waals surface area contributed by atoms with Crippen LogP contribution in [0.4, 0.5) is 0 Å². The summed E-state index contributed by atoms with van der Waals surface area (Å²) in [5, 5.41) is 13.5. The van der Waals surface area contributed by atoms with Gasteiger partial charge in [0.15, 0.2) is 0 Å². The maximum absolute atomic E-state index is 14.2. The number of piperazine rings is 1. The molecule has 36 heavy (non-hydrogen) atoms. The Morgan fingerprint density at radius 3 is 2.47 bits per heavy atom. The Balaban J connectivity index is 1.55. The Labute approximate surface area is 209 Å². The minimum absolute atomic E-state index is 0.0137. The van der Waals surface area contributed by atoms with E-state index < -0.39 is 0 Å². The topological polar surface area (TPSA) is 77.4 Å². The average molecular weight is 482 g/mol. The van der Waals surface area contributed by atoms with Crippen LogP contribution < -0.4 is 5.56 Å². The Bertz CT molecular complexity index is 1630. The first-order valence-electron chi connectivity index (χ1n) is 12.6. The van der Waals surface area contributed by atoms with Crippen molar-refractivity contribution in [2.75, 3.05) is 39.8 Å². The van der Waals surface area contributed by atoms with Gasteiger partial charge in [-0.1, -0.05) is 18.2 Å². The van der Waals surface area contributed by atoms with Crippen LogP contribution in [0.15, 0.2) is 59.5 Å². The van der Waals surface area contributed by atoms with E-state index in [1.807, 2.05) is 35.0 Å². The number of aromatic hydroxyl groups is 1. The average Bonchev–Trinajstić information content (AvgIpc) is 3.27. The van der Waals surface area contributed by atoms with Gasteiger partial charge in [-0.25, -0.2) is 4.98 Å². The van der Waals surface area contributed by atoms with E-state index in [0.29, 0.717) is 17.6 Å². The first-order valence-corrected chi connectivity index (χ1v) is 12.6. The summed E-state index contributed by atoms with van der Waals surface area (Å²) in [7, 11) is 2.17. The summed E-state index contributed by atoms with van der Waals surface area (Å²) in [6.07, 6.45) is 2.86. The number of H-pyrrole nitrogens is 1. The third-order valence-corrected chi connectivity index (χ3v) is 7.53. The van der Waals surface area contributed by atoms with E-state index in [1.165, 1.54) is 0 Å². The van der Waals surface area contributed by atoms with Crippen LogP contribution in [-0.2, 0) is 6.54 Å². The van der Waals surface area contributed by atoms with Gasteiger partial charge in [0.1, 0.15) is 11.4 Å². The van der Waals surface area contributed by atoms with Crippen LogP contribution in [0, 0.1) is 6.92 Å². The molecule has 5 aromatic rings. The number of rotatable bonds is 5. The molecule has 4 heterocycles. The van der Waals surface area contributed by atoms with Crippen molar-refractivity contribution in [3.8, 4) is 17.0 Å². The number of hydrogen-bond donors (Lipinski definition) is 2. The van der Waals surface area contributed by atoms with Gasteiger partial charge in [0, 0.05) is 60.6 Å². The first-order chi connectivity index (χ1) is 17.5. The molecule has 0 amide bonds. The minimum Gasteiger partial charge on any atom is -0.508 e. The number of nitrogens with zero attached hydrogens (tertiary/aromatic N) is 4. The molecular weight excluding hydrogens is 450 g/mol. The molecule has 1 aliphatic rings. The van der Waals surface area contributed by atoms with Gasteiger partial charge < -0.3 is 24.5 Å². The lowest BCUT2D eigenvalue weighted by Crippen LogP contribution is -2.44. The van der Waals surface area contributed by atoms with Gasteiger partial charge in [-0.2, -0.15) is 0 Å². The van der Waals surface area contributed by atoms with Crippen molar-refractivity contribution >= 4 is 32.7 Å². The number of phenolic OH excluding ortho intramolecular Hbond substituents is 1. The van der Waals surface area contributed by atoms with Gasteiger partial charge in [0.25, 0.3) is 5.56 Å². The molecule has 0 radical (unpaired) electrons. The van der Waals surface area contributed by atoms with Gasteiger partial charge in [-0.15, -0.1) is 0 Å². The smallest absolute Gasteiger partial charge is 0.261 e. The molecule has 0 atom stereocenters. The third-order valence-electron chi connectivity index (χ3n) is 7.53. The highest BCUT2D eigenvalue weighted by molar-refractivity contribution is 6.21. The van der Waals surface area contributed by atoms with Crippen LogP contribution in [0.2, 0.25) is 0 Å². The summed E-state index contributed by atoms with van der Waals surface area (Å²) in [5.41, 5.74) is 4.22. The van der Waals surface area contributed by atoms with Gasteiger partial charge in [-0.05, 0) is 62.8 Å². The summed E-state index contributed by atoms with van der Waals surface area (Å²) < 4.78 is 1.94. The normalized spacial score (nSPS) is 15.4. The zero-order valence-corrected chi connectivity index (χ0v) is 20.8. The Morgan fingerprint density at radius 2 is 1.69 bits per heavy atom. The van der Waals surface area contributed by atoms with Crippen LogP contribution in [0.5, 0.6) is 5.75 Å². The van der Waals surface area contributed by atoms with Crippen molar-refractivity contribution in [3.05, 3.63) is 70.6 Å². The quantitative estimate of drug-likeness (QED) is 0.365. The summed E-state index contributed by atoms with van der Waals surface area (Å²) in [6, 6.07) is 15.1. The van der Waals surface area contributed by atoms with Gasteiger partial charge in [0.2, 0.25) is 0 Å². The van der Waals surface area contributed by atoms with Crippen LogP contribution >= 0.6 is 0 Å². The predicted octanol–water partition coefficient (Wildman–Crippen LogP) is 4.35. The highest BCUT2D eigenvalue weighted by atomic mass is 16.3.